The van der Waals surface area contributed by atoms with Gasteiger partial charge >= 0.3 is 0 Å². The molecule has 4 heteroatoms. The van der Waals surface area contributed by atoms with E-state index in [2.05, 4.69) is 0 Å². The SMILES string of the molecule is CSc1ccccc1N1C(=O)C2CCCCC2C1=O. The van der Waals surface area contributed by atoms with Crippen LogP contribution in [-0.2, 0) is 9.59 Å². The maximum atomic E-state index is 12.5. The summed E-state index contributed by atoms with van der Waals surface area (Å²) in [4.78, 5) is 27.5. The van der Waals surface area contributed by atoms with E-state index in [0.717, 1.165) is 36.3 Å². The molecule has 2 atom stereocenters. The Bertz CT molecular complexity index is 505. The molecule has 19 heavy (non-hydrogen) atoms. The molecule has 3 nitrogen and oxygen atoms in total. The molecule has 0 bridgehead atoms. The Balaban J connectivity index is 2.00. The van der Waals surface area contributed by atoms with E-state index in [9.17, 15) is 9.59 Å². The van der Waals surface area contributed by atoms with Gasteiger partial charge in [0.15, 0.2) is 0 Å². The van der Waals surface area contributed by atoms with Gasteiger partial charge in [0.1, 0.15) is 0 Å². The summed E-state index contributed by atoms with van der Waals surface area (Å²) in [6, 6.07) is 7.66. The zero-order chi connectivity index (χ0) is 13.4. The predicted octanol–water partition coefficient (Wildman–Crippen LogP) is 3.09. The Morgan fingerprint density at radius 2 is 1.63 bits per heavy atom. The highest BCUT2D eigenvalue weighted by Gasteiger charge is 2.49. The highest BCUT2D eigenvalue weighted by atomic mass is 32.2. The van der Waals surface area contributed by atoms with Gasteiger partial charge in [0.05, 0.1) is 17.5 Å². The van der Waals surface area contributed by atoms with Crippen molar-refractivity contribution in [2.45, 2.75) is 30.6 Å². The van der Waals surface area contributed by atoms with Crippen molar-refractivity contribution in [2.24, 2.45) is 11.8 Å². The summed E-state index contributed by atoms with van der Waals surface area (Å²) in [6.07, 6.45) is 5.84. The molecule has 1 saturated heterocycles. The number of nitrogens with zero attached hydrogens (tertiary/aromatic N) is 1. The lowest BCUT2D eigenvalue weighted by atomic mass is 9.81. The second-order valence-corrected chi connectivity index (χ2v) is 6.03. The van der Waals surface area contributed by atoms with E-state index >= 15 is 0 Å². The quantitative estimate of drug-likeness (QED) is 0.615. The lowest BCUT2D eigenvalue weighted by Crippen LogP contribution is -2.31. The fraction of sp³-hybridized carbons (Fsp3) is 0.467. The number of fused-ring (bicyclic) bond motifs is 1. The fourth-order valence-corrected chi connectivity index (χ4v) is 3.80. The molecule has 1 aliphatic carbocycles. The number of hydrogen-bond acceptors (Lipinski definition) is 3. The monoisotopic (exact) mass is 275 g/mol. The molecular formula is C15H17NO2S. The summed E-state index contributed by atoms with van der Waals surface area (Å²) in [5.41, 5.74) is 0.763. The van der Waals surface area contributed by atoms with Crippen molar-refractivity contribution in [2.75, 3.05) is 11.2 Å². The molecule has 3 rings (SSSR count). The van der Waals surface area contributed by atoms with Gasteiger partial charge in [-0.3, -0.25) is 9.59 Å². The maximum Gasteiger partial charge on any atom is 0.237 e. The van der Waals surface area contributed by atoms with Gasteiger partial charge in [-0.15, -0.1) is 11.8 Å². The Morgan fingerprint density at radius 3 is 2.21 bits per heavy atom. The van der Waals surface area contributed by atoms with Gasteiger partial charge in [-0.2, -0.15) is 0 Å². The third-order valence-electron chi connectivity index (χ3n) is 4.17. The number of benzene rings is 1. The smallest absolute Gasteiger partial charge is 0.237 e. The van der Waals surface area contributed by atoms with Crippen LogP contribution in [0.5, 0.6) is 0 Å². The Morgan fingerprint density at radius 1 is 1.05 bits per heavy atom. The normalized spacial score (nSPS) is 26.7. The molecule has 0 spiro atoms. The van der Waals surface area contributed by atoms with Crippen molar-refractivity contribution in [3.63, 3.8) is 0 Å². The zero-order valence-corrected chi connectivity index (χ0v) is 11.8. The third kappa shape index (κ3) is 1.98. The topological polar surface area (TPSA) is 37.4 Å². The molecule has 0 radical (unpaired) electrons. The van der Waals surface area contributed by atoms with E-state index in [4.69, 9.17) is 0 Å². The largest absolute Gasteiger partial charge is 0.274 e. The summed E-state index contributed by atoms with van der Waals surface area (Å²) in [7, 11) is 0. The number of imide groups is 1. The minimum absolute atomic E-state index is 0.0104. The summed E-state index contributed by atoms with van der Waals surface area (Å²) >= 11 is 1.57. The fourth-order valence-electron chi connectivity index (χ4n) is 3.21. The van der Waals surface area contributed by atoms with E-state index in [1.165, 1.54) is 4.90 Å². The second kappa shape index (κ2) is 5.00. The van der Waals surface area contributed by atoms with E-state index in [-0.39, 0.29) is 23.7 Å². The van der Waals surface area contributed by atoms with Crippen LogP contribution >= 0.6 is 11.8 Å². The molecular weight excluding hydrogens is 258 g/mol. The van der Waals surface area contributed by atoms with Gasteiger partial charge in [0, 0.05) is 4.90 Å². The van der Waals surface area contributed by atoms with Crippen molar-refractivity contribution < 1.29 is 9.59 Å². The zero-order valence-electron chi connectivity index (χ0n) is 11.0. The first-order valence-electron chi connectivity index (χ1n) is 6.75. The highest BCUT2D eigenvalue weighted by Crippen LogP contribution is 2.42. The van der Waals surface area contributed by atoms with Gasteiger partial charge in [0.25, 0.3) is 0 Å². The molecule has 1 heterocycles. The number of thioether (sulfide) groups is 1. The Kier molecular flexibility index (Phi) is 3.35. The van der Waals surface area contributed by atoms with Crippen LogP contribution < -0.4 is 4.90 Å². The molecule has 0 N–H and O–H groups in total. The average Bonchev–Trinajstić information content (AvgIpc) is 2.71. The van der Waals surface area contributed by atoms with Crippen molar-refractivity contribution in [3.8, 4) is 0 Å². The van der Waals surface area contributed by atoms with Gasteiger partial charge in [-0.25, -0.2) is 4.90 Å². The second-order valence-electron chi connectivity index (χ2n) is 5.18. The predicted molar refractivity (Wildman–Crippen MR) is 76.2 cm³/mol. The van der Waals surface area contributed by atoms with Crippen LogP contribution in [0.2, 0.25) is 0 Å². The number of rotatable bonds is 2. The first-order valence-corrected chi connectivity index (χ1v) is 7.97. The molecule has 2 fully saturated rings. The van der Waals surface area contributed by atoms with Crippen LogP contribution in [0.1, 0.15) is 25.7 Å². The van der Waals surface area contributed by atoms with E-state index < -0.39 is 0 Å². The lowest BCUT2D eigenvalue weighted by molar-refractivity contribution is -0.122. The van der Waals surface area contributed by atoms with Gasteiger partial charge in [0.2, 0.25) is 11.8 Å². The molecule has 2 unspecified atom stereocenters. The maximum absolute atomic E-state index is 12.5. The van der Waals surface area contributed by atoms with Gasteiger partial charge in [-0.05, 0) is 31.2 Å². The van der Waals surface area contributed by atoms with Crippen LogP contribution in [0.4, 0.5) is 5.69 Å². The van der Waals surface area contributed by atoms with Crippen LogP contribution in [0, 0.1) is 11.8 Å². The van der Waals surface area contributed by atoms with Crippen LogP contribution in [-0.4, -0.2) is 18.1 Å². The number of anilines is 1. The van der Waals surface area contributed by atoms with Gasteiger partial charge in [-0.1, -0.05) is 25.0 Å². The van der Waals surface area contributed by atoms with E-state index in [1.54, 1.807) is 11.8 Å². The third-order valence-corrected chi connectivity index (χ3v) is 4.95. The number of carbonyl (C=O) groups excluding carboxylic acids is 2. The summed E-state index contributed by atoms with van der Waals surface area (Å²) in [6.45, 7) is 0. The molecule has 100 valence electrons. The molecule has 1 saturated carbocycles. The van der Waals surface area contributed by atoms with Crippen molar-refractivity contribution in [1.29, 1.82) is 0 Å². The van der Waals surface area contributed by atoms with Crippen molar-refractivity contribution in [3.05, 3.63) is 24.3 Å². The molecule has 0 aromatic heterocycles. The first-order chi connectivity index (χ1) is 9.24. The minimum atomic E-state index is -0.0730. The average molecular weight is 275 g/mol. The first kappa shape index (κ1) is 12.7. The summed E-state index contributed by atoms with van der Waals surface area (Å²) in [5, 5.41) is 0. The van der Waals surface area contributed by atoms with Crippen molar-refractivity contribution >= 4 is 29.3 Å². The van der Waals surface area contributed by atoms with Gasteiger partial charge < -0.3 is 0 Å². The molecule has 2 amide bonds. The summed E-state index contributed by atoms with van der Waals surface area (Å²) in [5.74, 6) is -0.125. The van der Waals surface area contributed by atoms with E-state index in [1.807, 2.05) is 30.5 Å². The molecule has 2 aliphatic rings. The molecule has 1 aliphatic heterocycles. The standard InChI is InChI=1S/C15H17NO2S/c1-19-13-9-5-4-8-12(13)16-14(17)10-6-2-3-7-11(10)15(16)18/h4-5,8-11H,2-3,6-7H2,1H3. The van der Waals surface area contributed by atoms with Crippen LogP contribution in [0.15, 0.2) is 29.2 Å². The lowest BCUT2D eigenvalue weighted by Gasteiger charge is -2.19. The Labute approximate surface area is 117 Å². The van der Waals surface area contributed by atoms with Crippen molar-refractivity contribution in [1.82, 2.24) is 0 Å². The highest BCUT2D eigenvalue weighted by molar-refractivity contribution is 7.98. The number of hydrogen-bond donors (Lipinski definition) is 0. The number of para-hydroxylation sites is 1. The van der Waals surface area contributed by atoms with Crippen LogP contribution in [0.25, 0.3) is 0 Å². The minimum Gasteiger partial charge on any atom is -0.274 e. The van der Waals surface area contributed by atoms with Crippen LogP contribution in [0.3, 0.4) is 0 Å². The molecule has 1 aromatic carbocycles. The summed E-state index contributed by atoms with van der Waals surface area (Å²) < 4.78 is 0. The molecule has 1 aromatic rings. The number of amides is 2. The Hall–Kier alpha value is -1.29. The van der Waals surface area contributed by atoms with E-state index in [0.29, 0.717) is 0 Å². The number of carbonyl (C=O) groups is 2.